The highest BCUT2D eigenvalue weighted by Crippen LogP contribution is 2.31. The molecule has 0 saturated carbocycles. The lowest BCUT2D eigenvalue weighted by Crippen LogP contribution is -2.62. The van der Waals surface area contributed by atoms with Crippen molar-refractivity contribution in [3.05, 3.63) is 0 Å². The van der Waals surface area contributed by atoms with E-state index >= 15 is 0 Å². The maximum atomic E-state index is 10.3. The van der Waals surface area contributed by atoms with Crippen LogP contribution in [0.15, 0.2) is 0 Å². The van der Waals surface area contributed by atoms with Crippen molar-refractivity contribution in [1.29, 1.82) is 0 Å². The van der Waals surface area contributed by atoms with Gasteiger partial charge in [0.05, 0.1) is 37.6 Å². The maximum Gasteiger partial charge on any atom is 0.311 e. The monoisotopic (exact) mass is 386 g/mol. The molecule has 0 radical (unpaired) electrons. The van der Waals surface area contributed by atoms with Crippen LogP contribution in [-0.4, -0.2) is 120 Å². The molecular formula is C14H26O12. The number of rotatable bonds is 6. The molecule has 2 fully saturated rings. The van der Waals surface area contributed by atoms with E-state index in [4.69, 9.17) is 19.3 Å². The second-order valence-corrected chi connectivity index (χ2v) is 6.52. The number of aliphatic hydroxyl groups excluding tert-OH is 8. The zero-order chi connectivity index (χ0) is 19.6. The predicted octanol–water partition coefficient (Wildman–Crippen LogP) is -5.30. The molecule has 0 aromatic heterocycles. The van der Waals surface area contributed by atoms with E-state index < -0.39 is 74.3 Å². The summed E-state index contributed by atoms with van der Waals surface area (Å²) in [4.78, 5) is 0. The summed E-state index contributed by atoms with van der Waals surface area (Å²) in [7, 11) is 0. The topological polar surface area (TPSA) is 210 Å². The lowest BCUT2D eigenvalue weighted by atomic mass is 9.97. The molecule has 0 spiro atoms. The third kappa shape index (κ3) is 4.67. The minimum absolute atomic E-state index is 0.237. The molecule has 0 aromatic carbocycles. The minimum Gasteiger partial charge on any atom is -0.394 e. The summed E-state index contributed by atoms with van der Waals surface area (Å²) in [6, 6.07) is 0. The number of hydrogen-bond acceptors (Lipinski definition) is 12. The van der Waals surface area contributed by atoms with Gasteiger partial charge in [-0.3, -0.25) is 0 Å². The zero-order valence-electron chi connectivity index (χ0n) is 13.8. The quantitative estimate of drug-likeness (QED) is 0.196. The summed E-state index contributed by atoms with van der Waals surface area (Å²) >= 11 is 0. The summed E-state index contributed by atoms with van der Waals surface area (Å²) in [5.74, 6) is -2.79. The first kappa shape index (κ1) is 21.8. The third-order valence-electron chi connectivity index (χ3n) is 4.51. The Morgan fingerprint density at radius 1 is 0.962 bits per heavy atom. The second-order valence-electron chi connectivity index (χ2n) is 6.52. The van der Waals surface area contributed by atoms with Crippen LogP contribution >= 0.6 is 0 Å². The Labute approximate surface area is 148 Å². The highest BCUT2D eigenvalue weighted by molar-refractivity contribution is 4.89. The fourth-order valence-corrected chi connectivity index (χ4v) is 2.86. The molecule has 12 heteroatoms. The summed E-state index contributed by atoms with van der Waals surface area (Å²) in [6.07, 6.45) is -14.0. The van der Waals surface area contributed by atoms with Crippen molar-refractivity contribution >= 4 is 0 Å². The molecule has 0 bridgehead atoms. The molecular weight excluding hydrogens is 360 g/mol. The standard InChI is InChI=1S/C14H26O12/c15-3-7(18)10-2-6(17)12(21)14(23,26-10)24-4-8(19)9-1-5(16)11(20)13(22)25-9/h5-13,15-23H,1-4H2. The molecule has 0 aliphatic carbocycles. The number of hydrogen-bond donors (Lipinski definition) is 9. The Morgan fingerprint density at radius 3 is 2.15 bits per heavy atom. The summed E-state index contributed by atoms with van der Waals surface area (Å²) in [5.41, 5.74) is 0. The van der Waals surface area contributed by atoms with Gasteiger partial charge in [-0.05, 0) is 0 Å². The fraction of sp³-hybridized carbons (Fsp3) is 1.00. The van der Waals surface area contributed by atoms with Gasteiger partial charge in [-0.2, -0.15) is 0 Å². The van der Waals surface area contributed by atoms with E-state index in [0.29, 0.717) is 0 Å². The van der Waals surface area contributed by atoms with Crippen molar-refractivity contribution in [3.63, 3.8) is 0 Å². The Bertz CT molecular complexity index is 440. The van der Waals surface area contributed by atoms with Crippen LogP contribution in [0.4, 0.5) is 0 Å². The molecule has 2 aliphatic rings. The molecule has 9 N–H and O–H groups in total. The molecule has 0 aromatic rings. The first-order valence-corrected chi connectivity index (χ1v) is 8.16. The molecule has 2 aliphatic heterocycles. The molecule has 2 heterocycles. The van der Waals surface area contributed by atoms with Gasteiger partial charge < -0.3 is 60.2 Å². The smallest absolute Gasteiger partial charge is 0.311 e. The molecule has 10 unspecified atom stereocenters. The Balaban J connectivity index is 1.97. The molecule has 2 saturated heterocycles. The molecule has 26 heavy (non-hydrogen) atoms. The van der Waals surface area contributed by atoms with Gasteiger partial charge in [-0.25, -0.2) is 0 Å². The minimum atomic E-state index is -2.79. The van der Waals surface area contributed by atoms with Gasteiger partial charge in [0.2, 0.25) is 0 Å². The highest BCUT2D eigenvalue weighted by Gasteiger charge is 2.51. The molecule has 12 nitrogen and oxygen atoms in total. The van der Waals surface area contributed by atoms with Crippen molar-refractivity contribution in [3.8, 4) is 0 Å². The first-order chi connectivity index (χ1) is 12.1. The molecule has 10 atom stereocenters. The molecule has 0 amide bonds. The van der Waals surface area contributed by atoms with Gasteiger partial charge in [0.25, 0.3) is 0 Å². The largest absolute Gasteiger partial charge is 0.394 e. The van der Waals surface area contributed by atoms with E-state index in [2.05, 4.69) is 0 Å². The van der Waals surface area contributed by atoms with Crippen molar-refractivity contribution in [1.82, 2.24) is 0 Å². The van der Waals surface area contributed by atoms with E-state index in [1.807, 2.05) is 0 Å². The average Bonchev–Trinajstić information content (AvgIpc) is 2.60. The average molecular weight is 386 g/mol. The second kappa shape index (κ2) is 8.68. The van der Waals surface area contributed by atoms with Gasteiger partial charge in [0.1, 0.15) is 18.3 Å². The lowest BCUT2D eigenvalue weighted by Gasteiger charge is -2.44. The van der Waals surface area contributed by atoms with Crippen LogP contribution in [0.2, 0.25) is 0 Å². The molecule has 2 rings (SSSR count). The normalized spacial score (nSPS) is 46.7. The Hall–Kier alpha value is -0.480. The van der Waals surface area contributed by atoms with Crippen molar-refractivity contribution in [2.24, 2.45) is 0 Å². The van der Waals surface area contributed by atoms with E-state index in [1.165, 1.54) is 0 Å². The summed E-state index contributed by atoms with van der Waals surface area (Å²) < 4.78 is 14.9. The summed E-state index contributed by atoms with van der Waals surface area (Å²) in [6.45, 7) is -1.43. The van der Waals surface area contributed by atoms with E-state index in [-0.39, 0.29) is 12.8 Å². The van der Waals surface area contributed by atoms with Crippen LogP contribution in [-0.2, 0) is 14.2 Å². The van der Waals surface area contributed by atoms with Gasteiger partial charge in [0, 0.05) is 12.8 Å². The fourth-order valence-electron chi connectivity index (χ4n) is 2.86. The number of aliphatic hydroxyl groups is 9. The SMILES string of the molecule is OCC(O)C1CC(O)C(O)C(O)(OCC(O)C2CC(O)C(O)C(O)O2)O1. The predicted molar refractivity (Wildman–Crippen MR) is 79.0 cm³/mol. The van der Waals surface area contributed by atoms with Crippen molar-refractivity contribution < 1.29 is 60.2 Å². The van der Waals surface area contributed by atoms with Crippen LogP contribution in [0.25, 0.3) is 0 Å². The maximum absolute atomic E-state index is 10.3. The third-order valence-corrected chi connectivity index (χ3v) is 4.51. The zero-order valence-corrected chi connectivity index (χ0v) is 13.8. The Kier molecular flexibility index (Phi) is 7.29. The van der Waals surface area contributed by atoms with Crippen LogP contribution in [0, 0.1) is 0 Å². The van der Waals surface area contributed by atoms with Gasteiger partial charge in [-0.15, -0.1) is 0 Å². The van der Waals surface area contributed by atoms with Crippen molar-refractivity contribution in [2.45, 2.75) is 73.9 Å². The van der Waals surface area contributed by atoms with Gasteiger partial charge >= 0.3 is 5.97 Å². The number of ether oxygens (including phenoxy) is 3. The molecule has 154 valence electrons. The van der Waals surface area contributed by atoms with Crippen LogP contribution in [0.5, 0.6) is 0 Å². The van der Waals surface area contributed by atoms with E-state index in [0.717, 1.165) is 0 Å². The first-order valence-electron chi connectivity index (χ1n) is 8.16. The van der Waals surface area contributed by atoms with E-state index in [9.17, 15) is 40.9 Å². The van der Waals surface area contributed by atoms with Crippen LogP contribution < -0.4 is 0 Å². The summed E-state index contributed by atoms with van der Waals surface area (Å²) in [5, 5.41) is 87.0. The van der Waals surface area contributed by atoms with Gasteiger partial charge in [0.15, 0.2) is 12.4 Å². The van der Waals surface area contributed by atoms with Gasteiger partial charge in [-0.1, -0.05) is 0 Å². The van der Waals surface area contributed by atoms with Crippen LogP contribution in [0.3, 0.4) is 0 Å². The van der Waals surface area contributed by atoms with Crippen molar-refractivity contribution in [2.75, 3.05) is 13.2 Å². The van der Waals surface area contributed by atoms with E-state index in [1.54, 1.807) is 0 Å². The highest BCUT2D eigenvalue weighted by atomic mass is 16.8. The lowest BCUT2D eigenvalue weighted by molar-refractivity contribution is -0.444. The van der Waals surface area contributed by atoms with Crippen LogP contribution in [0.1, 0.15) is 12.8 Å². The Morgan fingerprint density at radius 2 is 1.58 bits per heavy atom.